The lowest BCUT2D eigenvalue weighted by Crippen LogP contribution is -2.16. The van der Waals surface area contributed by atoms with Crippen molar-refractivity contribution in [2.75, 3.05) is 0 Å². The quantitative estimate of drug-likeness (QED) is 0.601. The van der Waals surface area contributed by atoms with Crippen molar-refractivity contribution in [3.63, 3.8) is 0 Å². The third-order valence-electron chi connectivity index (χ3n) is 2.50. The molecule has 0 atom stereocenters. The smallest absolute Gasteiger partial charge is 0.0955 e. The van der Waals surface area contributed by atoms with Crippen LogP contribution in [0.15, 0.2) is 18.7 Å². The maximum Gasteiger partial charge on any atom is 0.154 e. The van der Waals surface area contributed by atoms with E-state index in [2.05, 4.69) is 46.3 Å². The Balaban J connectivity index is 3.35. The first-order valence-electron chi connectivity index (χ1n) is 4.82. The minimum Gasteiger partial charge on any atom is -0.0955 e. The Morgan fingerprint density at radius 1 is 1.31 bits per heavy atom. The number of aryl methyl sites for hydroxylation is 1. The highest BCUT2D eigenvalue weighted by Crippen LogP contribution is 2.16. The molecule has 0 bridgehead atoms. The van der Waals surface area contributed by atoms with Gasteiger partial charge in [0.2, 0.25) is 0 Å². The van der Waals surface area contributed by atoms with Crippen LogP contribution in [0.1, 0.15) is 23.6 Å². The van der Waals surface area contributed by atoms with Crippen molar-refractivity contribution in [3.05, 3.63) is 35.4 Å². The molecule has 0 aromatic heterocycles. The summed E-state index contributed by atoms with van der Waals surface area (Å²) in [6, 6.07) is 4.48. The number of benzene rings is 1. The van der Waals surface area contributed by atoms with E-state index in [-0.39, 0.29) is 0 Å². The van der Waals surface area contributed by atoms with Gasteiger partial charge in [-0.2, -0.15) is 0 Å². The highest BCUT2D eigenvalue weighted by molar-refractivity contribution is 6.52. The molecule has 0 aliphatic rings. The van der Waals surface area contributed by atoms with Gasteiger partial charge < -0.3 is 0 Å². The van der Waals surface area contributed by atoms with Crippen molar-refractivity contribution in [2.24, 2.45) is 0 Å². The first-order valence-corrected chi connectivity index (χ1v) is 4.82. The second-order valence-electron chi connectivity index (χ2n) is 3.73. The van der Waals surface area contributed by atoms with Gasteiger partial charge in [-0.15, -0.1) is 0 Å². The molecule has 0 amide bonds. The first-order chi connectivity index (χ1) is 6.06. The second-order valence-corrected chi connectivity index (χ2v) is 3.73. The number of hydrogen-bond acceptors (Lipinski definition) is 0. The normalized spacial score (nSPS) is 9.85. The van der Waals surface area contributed by atoms with Gasteiger partial charge in [0.05, 0.1) is 0 Å². The molecular formula is C12H17B. The molecule has 0 spiro atoms. The Bertz CT molecular complexity index is 337. The highest BCUT2D eigenvalue weighted by atomic mass is 14.1. The van der Waals surface area contributed by atoms with Gasteiger partial charge in [-0.05, 0) is 31.9 Å². The van der Waals surface area contributed by atoms with Crippen LogP contribution < -0.4 is 5.46 Å². The molecule has 1 aromatic carbocycles. The first kappa shape index (κ1) is 10.1. The third-order valence-corrected chi connectivity index (χ3v) is 2.50. The monoisotopic (exact) mass is 172 g/mol. The largest absolute Gasteiger partial charge is 0.154 e. The third kappa shape index (κ3) is 2.03. The van der Waals surface area contributed by atoms with Gasteiger partial charge in [0.1, 0.15) is 0 Å². The number of allylic oxidation sites excluding steroid dienone is 1. The molecule has 0 aliphatic carbocycles. The van der Waals surface area contributed by atoms with E-state index >= 15 is 0 Å². The van der Waals surface area contributed by atoms with Crippen LogP contribution in [0.2, 0.25) is 6.82 Å². The van der Waals surface area contributed by atoms with Crippen LogP contribution in [0.4, 0.5) is 0 Å². The molecular weight excluding hydrogens is 155 g/mol. The molecule has 0 fully saturated rings. The molecule has 0 nitrogen and oxygen atoms in total. The fourth-order valence-corrected chi connectivity index (χ4v) is 1.74. The fourth-order valence-electron chi connectivity index (χ4n) is 1.74. The summed E-state index contributed by atoms with van der Waals surface area (Å²) in [5.74, 6) is 0. The minimum atomic E-state index is 1.10. The average molecular weight is 172 g/mol. The SMILES string of the molecule is C=C(C)c1cc(C)cc(BC)c1C. The van der Waals surface area contributed by atoms with Gasteiger partial charge >= 0.3 is 0 Å². The summed E-state index contributed by atoms with van der Waals surface area (Å²) in [5, 5.41) is 0. The summed E-state index contributed by atoms with van der Waals surface area (Å²) in [6.45, 7) is 12.6. The topological polar surface area (TPSA) is 0 Å². The van der Waals surface area contributed by atoms with Crippen LogP contribution in [0.5, 0.6) is 0 Å². The highest BCUT2D eigenvalue weighted by Gasteiger charge is 2.04. The van der Waals surface area contributed by atoms with E-state index in [1.165, 1.54) is 22.2 Å². The summed E-state index contributed by atoms with van der Waals surface area (Å²) >= 11 is 0. The lowest BCUT2D eigenvalue weighted by Gasteiger charge is -2.11. The van der Waals surface area contributed by atoms with Gasteiger partial charge in [-0.3, -0.25) is 0 Å². The van der Waals surface area contributed by atoms with Crippen LogP contribution in [0.25, 0.3) is 5.57 Å². The fraction of sp³-hybridized carbons (Fsp3) is 0.333. The lowest BCUT2D eigenvalue weighted by molar-refractivity contribution is 1.38. The van der Waals surface area contributed by atoms with Crippen LogP contribution in [0, 0.1) is 13.8 Å². The van der Waals surface area contributed by atoms with Gasteiger partial charge in [0, 0.05) is 0 Å². The van der Waals surface area contributed by atoms with Crippen molar-refractivity contribution in [2.45, 2.75) is 27.6 Å². The minimum absolute atomic E-state index is 1.10. The van der Waals surface area contributed by atoms with E-state index in [9.17, 15) is 0 Å². The number of rotatable bonds is 2. The summed E-state index contributed by atoms with van der Waals surface area (Å²) in [4.78, 5) is 0. The molecule has 0 saturated carbocycles. The summed E-state index contributed by atoms with van der Waals surface area (Å²) in [5.41, 5.74) is 6.65. The van der Waals surface area contributed by atoms with Crippen molar-refractivity contribution >= 4 is 18.3 Å². The van der Waals surface area contributed by atoms with E-state index in [0.29, 0.717) is 0 Å². The molecule has 68 valence electrons. The molecule has 0 heterocycles. The van der Waals surface area contributed by atoms with Crippen LogP contribution >= 0.6 is 0 Å². The number of hydrogen-bond donors (Lipinski definition) is 0. The average Bonchev–Trinajstić information content (AvgIpc) is 2.08. The second kappa shape index (κ2) is 3.82. The summed E-state index contributed by atoms with van der Waals surface area (Å²) < 4.78 is 0. The van der Waals surface area contributed by atoms with Gasteiger partial charge in [0.15, 0.2) is 7.28 Å². The van der Waals surface area contributed by atoms with Crippen molar-refractivity contribution in [1.29, 1.82) is 0 Å². The Labute approximate surface area is 81.9 Å². The van der Waals surface area contributed by atoms with E-state index < -0.39 is 0 Å². The predicted molar refractivity (Wildman–Crippen MR) is 63.3 cm³/mol. The standard InChI is InChI=1S/C12H17B/c1-8(2)11-6-9(3)7-12(13-5)10(11)4/h6-7,13H,1H2,2-5H3. The van der Waals surface area contributed by atoms with E-state index in [1.807, 2.05) is 0 Å². The molecule has 0 N–H and O–H groups in total. The Hall–Kier alpha value is -0.975. The van der Waals surface area contributed by atoms with Gasteiger partial charge in [0.25, 0.3) is 0 Å². The molecule has 1 rings (SSSR count). The van der Waals surface area contributed by atoms with E-state index in [1.54, 1.807) is 0 Å². The predicted octanol–water partition coefficient (Wildman–Crippen LogP) is 2.45. The summed E-state index contributed by atoms with van der Waals surface area (Å²) in [6.07, 6.45) is 0. The molecule has 0 radical (unpaired) electrons. The van der Waals surface area contributed by atoms with Crippen molar-refractivity contribution in [1.82, 2.24) is 0 Å². The van der Waals surface area contributed by atoms with Crippen LogP contribution in [-0.2, 0) is 0 Å². The lowest BCUT2D eigenvalue weighted by atomic mass is 9.69. The van der Waals surface area contributed by atoms with Gasteiger partial charge in [-0.1, -0.05) is 42.1 Å². The molecule has 0 aliphatic heterocycles. The molecule has 13 heavy (non-hydrogen) atoms. The zero-order chi connectivity index (χ0) is 10.0. The van der Waals surface area contributed by atoms with Crippen LogP contribution in [-0.4, -0.2) is 7.28 Å². The van der Waals surface area contributed by atoms with Crippen LogP contribution in [0.3, 0.4) is 0 Å². The molecule has 0 unspecified atom stereocenters. The van der Waals surface area contributed by atoms with E-state index in [0.717, 1.165) is 12.9 Å². The zero-order valence-corrected chi connectivity index (χ0v) is 9.07. The van der Waals surface area contributed by atoms with Crippen molar-refractivity contribution < 1.29 is 0 Å². The maximum atomic E-state index is 4.00. The Kier molecular flexibility index (Phi) is 2.97. The van der Waals surface area contributed by atoms with Gasteiger partial charge in [-0.25, -0.2) is 0 Å². The molecule has 1 aromatic rings. The Morgan fingerprint density at radius 3 is 2.38 bits per heavy atom. The maximum absolute atomic E-state index is 4.00. The van der Waals surface area contributed by atoms with E-state index in [4.69, 9.17) is 0 Å². The van der Waals surface area contributed by atoms with Crippen molar-refractivity contribution in [3.8, 4) is 0 Å². The summed E-state index contributed by atoms with van der Waals surface area (Å²) in [7, 11) is 1.10. The molecule has 1 heteroatoms. The zero-order valence-electron chi connectivity index (χ0n) is 9.07. The molecule has 0 saturated heterocycles. The Morgan fingerprint density at radius 2 is 1.92 bits per heavy atom.